The molecule has 0 fully saturated rings. The van der Waals surface area contributed by atoms with Crippen molar-refractivity contribution in [2.75, 3.05) is 6.79 Å². The standard InChI is InChI=1S/C27H24N4O4S/c1-13-15(3)36-26-22(13)24(28-23(14(2)27(32)33)25-30-29-16(4)31(25)26)18-7-5-17(6-8-18)19-9-10-20-21(11-19)35-12-34-20/h5-11,14,23H,12H2,1-4H3,(H,32,33)/t14-,23?/m0/s1. The Kier molecular flexibility index (Phi) is 5.19. The molecule has 2 atom stereocenters. The molecule has 0 saturated heterocycles. The minimum Gasteiger partial charge on any atom is -0.481 e. The van der Waals surface area contributed by atoms with Crippen molar-refractivity contribution in [3.05, 3.63) is 75.7 Å². The number of fused-ring (bicyclic) bond motifs is 4. The number of aliphatic imine (C=N–C) groups is 1. The molecular formula is C27H24N4O4S. The Morgan fingerprint density at radius 2 is 1.72 bits per heavy atom. The fraction of sp³-hybridized carbons (Fsp3) is 0.259. The number of nitrogens with zero attached hydrogens (tertiary/aromatic N) is 4. The Labute approximate surface area is 211 Å². The van der Waals surface area contributed by atoms with Crippen LogP contribution in [-0.2, 0) is 4.79 Å². The topological polar surface area (TPSA) is 98.8 Å². The molecule has 9 heteroatoms. The minimum absolute atomic E-state index is 0.238. The summed E-state index contributed by atoms with van der Waals surface area (Å²) < 4.78 is 12.9. The Hall–Kier alpha value is -3.98. The molecule has 2 aromatic heterocycles. The number of ether oxygens (including phenoxy) is 2. The van der Waals surface area contributed by atoms with E-state index >= 15 is 0 Å². The number of carboxylic acid groups (broad SMARTS) is 1. The molecule has 2 aromatic carbocycles. The van der Waals surface area contributed by atoms with E-state index in [1.54, 1.807) is 18.3 Å². The molecule has 0 bridgehead atoms. The zero-order valence-corrected chi connectivity index (χ0v) is 21.1. The summed E-state index contributed by atoms with van der Waals surface area (Å²) in [7, 11) is 0. The quantitative estimate of drug-likeness (QED) is 0.410. The fourth-order valence-corrected chi connectivity index (χ4v) is 5.93. The highest BCUT2D eigenvalue weighted by molar-refractivity contribution is 7.15. The van der Waals surface area contributed by atoms with Gasteiger partial charge in [-0.3, -0.25) is 14.4 Å². The number of hydrogen-bond acceptors (Lipinski definition) is 7. The first-order chi connectivity index (χ1) is 17.3. The summed E-state index contributed by atoms with van der Waals surface area (Å²) >= 11 is 1.65. The van der Waals surface area contributed by atoms with E-state index in [4.69, 9.17) is 14.5 Å². The summed E-state index contributed by atoms with van der Waals surface area (Å²) in [5.74, 6) is 1.06. The Bertz CT molecular complexity index is 1550. The monoisotopic (exact) mass is 500 g/mol. The van der Waals surface area contributed by atoms with E-state index in [1.165, 1.54) is 4.88 Å². The molecule has 0 spiro atoms. The molecular weight excluding hydrogens is 476 g/mol. The van der Waals surface area contributed by atoms with E-state index in [2.05, 4.69) is 36.2 Å². The highest BCUT2D eigenvalue weighted by atomic mass is 32.1. The first kappa shape index (κ1) is 22.5. The van der Waals surface area contributed by atoms with Crippen molar-refractivity contribution in [2.24, 2.45) is 10.9 Å². The zero-order chi connectivity index (χ0) is 25.1. The van der Waals surface area contributed by atoms with Gasteiger partial charge in [0.1, 0.15) is 16.9 Å². The Morgan fingerprint density at radius 3 is 2.47 bits per heavy atom. The van der Waals surface area contributed by atoms with Crippen molar-refractivity contribution in [2.45, 2.75) is 33.7 Å². The first-order valence-electron chi connectivity index (χ1n) is 11.7. The van der Waals surface area contributed by atoms with Crippen molar-refractivity contribution in [3.8, 4) is 27.6 Å². The van der Waals surface area contributed by atoms with Gasteiger partial charge in [-0.25, -0.2) is 0 Å². The van der Waals surface area contributed by atoms with Crippen LogP contribution in [0.1, 0.15) is 46.2 Å². The van der Waals surface area contributed by atoms with Crippen LogP contribution in [0.25, 0.3) is 16.1 Å². The van der Waals surface area contributed by atoms with E-state index < -0.39 is 17.9 Å². The second kappa shape index (κ2) is 8.30. The summed E-state index contributed by atoms with van der Waals surface area (Å²) in [6.07, 6.45) is 0. The van der Waals surface area contributed by atoms with Crippen LogP contribution in [0.3, 0.4) is 0 Å². The molecule has 0 amide bonds. The molecule has 0 saturated carbocycles. The molecule has 4 aromatic rings. The van der Waals surface area contributed by atoms with Crippen LogP contribution >= 0.6 is 11.3 Å². The molecule has 1 N–H and O–H groups in total. The van der Waals surface area contributed by atoms with Gasteiger partial charge in [-0.05, 0) is 56.5 Å². The Morgan fingerprint density at radius 1 is 1.03 bits per heavy atom. The number of carboxylic acids is 1. The highest BCUT2D eigenvalue weighted by Gasteiger charge is 2.36. The molecule has 2 aliphatic rings. The van der Waals surface area contributed by atoms with Crippen molar-refractivity contribution in [3.63, 3.8) is 0 Å². The number of thiophene rings is 1. The average molecular weight is 501 g/mol. The summed E-state index contributed by atoms with van der Waals surface area (Å²) in [6, 6.07) is 13.4. The van der Waals surface area contributed by atoms with Gasteiger partial charge in [0.25, 0.3) is 0 Å². The number of benzene rings is 2. The number of aromatic nitrogens is 3. The maximum Gasteiger partial charge on any atom is 0.308 e. The normalized spacial score (nSPS) is 16.7. The fourth-order valence-electron chi connectivity index (χ4n) is 4.71. The predicted molar refractivity (Wildman–Crippen MR) is 137 cm³/mol. The van der Waals surface area contributed by atoms with Crippen molar-refractivity contribution in [1.29, 1.82) is 0 Å². The lowest BCUT2D eigenvalue weighted by Crippen LogP contribution is -2.21. The van der Waals surface area contributed by atoms with Crippen LogP contribution in [0.2, 0.25) is 0 Å². The highest BCUT2D eigenvalue weighted by Crippen LogP contribution is 2.41. The lowest BCUT2D eigenvalue weighted by Gasteiger charge is -2.16. The third kappa shape index (κ3) is 3.42. The van der Waals surface area contributed by atoms with E-state index in [1.807, 2.05) is 41.8 Å². The van der Waals surface area contributed by atoms with Gasteiger partial charge >= 0.3 is 5.97 Å². The van der Waals surface area contributed by atoms with Gasteiger partial charge in [-0.2, -0.15) is 0 Å². The molecule has 1 unspecified atom stereocenters. The molecule has 0 aliphatic carbocycles. The largest absolute Gasteiger partial charge is 0.481 e. The smallest absolute Gasteiger partial charge is 0.308 e. The number of rotatable bonds is 4. The number of aryl methyl sites for hydroxylation is 2. The van der Waals surface area contributed by atoms with Gasteiger partial charge in [0, 0.05) is 16.0 Å². The number of carbonyl (C=O) groups is 1. The SMILES string of the molecule is Cc1sc2c(c1C)C(c1ccc(-c3ccc4c(c3)OCO4)cc1)=NC([C@H](C)C(=O)O)c1nnc(C)n1-2. The lowest BCUT2D eigenvalue weighted by atomic mass is 9.96. The molecule has 2 aliphatic heterocycles. The van der Waals surface area contributed by atoms with Crippen LogP contribution in [0.4, 0.5) is 0 Å². The summed E-state index contributed by atoms with van der Waals surface area (Å²) in [5.41, 5.74) is 5.87. The third-order valence-electron chi connectivity index (χ3n) is 6.92. The maximum absolute atomic E-state index is 12.0. The van der Waals surface area contributed by atoms with Crippen LogP contribution in [0, 0.1) is 26.7 Å². The molecule has 8 nitrogen and oxygen atoms in total. The number of hydrogen-bond donors (Lipinski definition) is 1. The van der Waals surface area contributed by atoms with E-state index in [0.717, 1.165) is 50.0 Å². The van der Waals surface area contributed by atoms with Gasteiger partial charge in [-0.1, -0.05) is 30.3 Å². The third-order valence-corrected chi connectivity index (χ3v) is 8.11. The molecule has 0 radical (unpaired) electrons. The first-order valence-corrected chi connectivity index (χ1v) is 12.5. The molecule has 36 heavy (non-hydrogen) atoms. The van der Waals surface area contributed by atoms with Gasteiger partial charge in [-0.15, -0.1) is 21.5 Å². The average Bonchev–Trinajstić information content (AvgIpc) is 3.54. The van der Waals surface area contributed by atoms with Crippen molar-refractivity contribution >= 4 is 23.0 Å². The Balaban J connectivity index is 1.50. The van der Waals surface area contributed by atoms with E-state index in [0.29, 0.717) is 11.6 Å². The van der Waals surface area contributed by atoms with Gasteiger partial charge in [0.2, 0.25) is 6.79 Å². The second-order valence-electron chi connectivity index (χ2n) is 9.10. The van der Waals surface area contributed by atoms with E-state index in [9.17, 15) is 9.90 Å². The maximum atomic E-state index is 12.0. The van der Waals surface area contributed by atoms with Gasteiger partial charge < -0.3 is 14.6 Å². The second-order valence-corrected chi connectivity index (χ2v) is 10.3. The van der Waals surface area contributed by atoms with Gasteiger partial charge in [0.15, 0.2) is 17.3 Å². The molecule has 182 valence electrons. The summed E-state index contributed by atoms with van der Waals surface area (Å²) in [4.78, 5) is 18.3. The van der Waals surface area contributed by atoms with Crippen LogP contribution in [-0.4, -0.2) is 38.3 Å². The zero-order valence-electron chi connectivity index (χ0n) is 20.3. The van der Waals surface area contributed by atoms with Crippen LogP contribution in [0.5, 0.6) is 11.5 Å². The number of aliphatic carboxylic acids is 1. The summed E-state index contributed by atoms with van der Waals surface area (Å²) in [5, 5.41) is 19.5. The molecule has 4 heterocycles. The molecule has 6 rings (SSSR count). The van der Waals surface area contributed by atoms with Gasteiger partial charge in [0.05, 0.1) is 11.6 Å². The van der Waals surface area contributed by atoms with Crippen molar-refractivity contribution < 1.29 is 19.4 Å². The minimum atomic E-state index is -0.924. The van der Waals surface area contributed by atoms with Crippen molar-refractivity contribution in [1.82, 2.24) is 14.8 Å². The van der Waals surface area contributed by atoms with Crippen LogP contribution in [0.15, 0.2) is 47.5 Å². The van der Waals surface area contributed by atoms with E-state index in [-0.39, 0.29) is 6.79 Å². The lowest BCUT2D eigenvalue weighted by molar-refractivity contribution is -0.141. The summed E-state index contributed by atoms with van der Waals surface area (Å²) in [6.45, 7) is 7.97. The predicted octanol–water partition coefficient (Wildman–Crippen LogP) is 5.26. The van der Waals surface area contributed by atoms with Crippen LogP contribution < -0.4 is 9.47 Å².